The molecule has 1 heterocycles. The summed E-state index contributed by atoms with van der Waals surface area (Å²) in [5.74, 6) is 0.418. The van der Waals surface area contributed by atoms with E-state index in [9.17, 15) is 4.79 Å². The summed E-state index contributed by atoms with van der Waals surface area (Å²) in [5.41, 5.74) is 0.0663. The van der Waals surface area contributed by atoms with E-state index in [4.69, 9.17) is 0 Å². The lowest BCUT2D eigenvalue weighted by Gasteiger charge is -2.31. The summed E-state index contributed by atoms with van der Waals surface area (Å²) in [6, 6.07) is 0. The minimum atomic E-state index is 0. The highest BCUT2D eigenvalue weighted by Crippen LogP contribution is 2.27. The largest absolute Gasteiger partial charge is 0.341 e. The van der Waals surface area contributed by atoms with Gasteiger partial charge >= 0.3 is 0 Å². The molecule has 96 valence electrons. The van der Waals surface area contributed by atoms with E-state index in [-0.39, 0.29) is 23.7 Å². The van der Waals surface area contributed by atoms with Crippen molar-refractivity contribution < 1.29 is 4.79 Å². The van der Waals surface area contributed by atoms with Gasteiger partial charge in [0.2, 0.25) is 5.91 Å². The summed E-state index contributed by atoms with van der Waals surface area (Å²) < 4.78 is 0. The third-order valence-corrected chi connectivity index (χ3v) is 3.32. The van der Waals surface area contributed by atoms with Gasteiger partial charge < -0.3 is 10.2 Å². The minimum Gasteiger partial charge on any atom is -0.341 e. The average Bonchev–Trinajstić information content (AvgIpc) is 2.42. The molecular formula is C12H25ClN2O. The van der Waals surface area contributed by atoms with Crippen LogP contribution in [0.1, 0.15) is 34.1 Å². The molecule has 0 aromatic carbocycles. The fourth-order valence-corrected chi connectivity index (χ4v) is 1.71. The highest BCUT2D eigenvalue weighted by atomic mass is 35.5. The summed E-state index contributed by atoms with van der Waals surface area (Å²) >= 11 is 0. The molecule has 0 bridgehead atoms. The number of hydrogen-bond acceptors (Lipinski definition) is 2. The molecule has 0 saturated carbocycles. The van der Waals surface area contributed by atoms with E-state index in [0.29, 0.717) is 5.91 Å². The van der Waals surface area contributed by atoms with E-state index in [2.05, 4.69) is 26.1 Å². The van der Waals surface area contributed by atoms with E-state index in [1.54, 1.807) is 0 Å². The van der Waals surface area contributed by atoms with Gasteiger partial charge in [0.15, 0.2) is 0 Å². The van der Waals surface area contributed by atoms with Crippen molar-refractivity contribution in [3.8, 4) is 0 Å². The molecule has 4 heteroatoms. The van der Waals surface area contributed by atoms with Crippen molar-refractivity contribution in [1.29, 1.82) is 0 Å². The molecule has 1 rings (SSSR count). The van der Waals surface area contributed by atoms with Crippen LogP contribution in [-0.4, -0.2) is 37.0 Å². The highest BCUT2D eigenvalue weighted by molar-refractivity contribution is 5.85. The smallest absolute Gasteiger partial charge is 0.225 e. The Kier molecular flexibility index (Phi) is 6.34. The SMILES string of the molecule is CC(C(=O)N1CCCNCC1)C(C)(C)C.Cl. The molecule has 3 nitrogen and oxygen atoms in total. The van der Waals surface area contributed by atoms with Gasteiger partial charge in [-0.2, -0.15) is 0 Å². The third kappa shape index (κ3) is 4.30. The monoisotopic (exact) mass is 248 g/mol. The Morgan fingerprint density at radius 1 is 1.25 bits per heavy atom. The van der Waals surface area contributed by atoms with Crippen molar-refractivity contribution in [2.24, 2.45) is 11.3 Å². The molecule has 0 aliphatic carbocycles. The number of rotatable bonds is 1. The van der Waals surface area contributed by atoms with E-state index < -0.39 is 0 Å². The molecule has 1 aliphatic rings. The van der Waals surface area contributed by atoms with E-state index in [1.807, 2.05) is 11.8 Å². The van der Waals surface area contributed by atoms with Gasteiger partial charge in [0.1, 0.15) is 0 Å². The van der Waals surface area contributed by atoms with E-state index in [0.717, 1.165) is 32.6 Å². The zero-order valence-electron chi connectivity index (χ0n) is 10.9. The minimum absolute atomic E-state index is 0. The fraction of sp³-hybridized carbons (Fsp3) is 0.917. The Bertz CT molecular complexity index is 218. The second-order valence-electron chi connectivity index (χ2n) is 5.52. The van der Waals surface area contributed by atoms with Gasteiger partial charge in [-0.3, -0.25) is 4.79 Å². The molecular weight excluding hydrogens is 224 g/mol. The molecule has 1 N–H and O–H groups in total. The van der Waals surface area contributed by atoms with Crippen molar-refractivity contribution in [3.63, 3.8) is 0 Å². The number of carbonyl (C=O) groups is 1. The lowest BCUT2D eigenvalue weighted by atomic mass is 9.81. The first-order valence-electron chi connectivity index (χ1n) is 5.92. The fourth-order valence-electron chi connectivity index (χ4n) is 1.71. The molecule has 0 radical (unpaired) electrons. The number of carbonyl (C=O) groups excluding carboxylic acids is 1. The van der Waals surface area contributed by atoms with Gasteiger partial charge in [-0.25, -0.2) is 0 Å². The van der Waals surface area contributed by atoms with E-state index >= 15 is 0 Å². The number of nitrogens with zero attached hydrogens (tertiary/aromatic N) is 1. The van der Waals surface area contributed by atoms with E-state index in [1.165, 1.54) is 0 Å². The Hall–Kier alpha value is -0.280. The molecule has 1 fully saturated rings. The maximum atomic E-state index is 12.2. The van der Waals surface area contributed by atoms with Crippen molar-refractivity contribution >= 4 is 18.3 Å². The third-order valence-electron chi connectivity index (χ3n) is 3.32. The van der Waals surface area contributed by atoms with Gasteiger partial charge in [0.05, 0.1) is 0 Å². The van der Waals surface area contributed by atoms with Crippen LogP contribution in [0.4, 0.5) is 0 Å². The van der Waals surface area contributed by atoms with Gasteiger partial charge in [0.25, 0.3) is 0 Å². The first kappa shape index (κ1) is 15.7. The lowest BCUT2D eigenvalue weighted by molar-refractivity contribution is -0.138. The van der Waals surface area contributed by atoms with Crippen molar-refractivity contribution in [1.82, 2.24) is 10.2 Å². The number of nitrogens with one attached hydrogen (secondary N) is 1. The van der Waals surface area contributed by atoms with Gasteiger partial charge in [-0.15, -0.1) is 12.4 Å². The second kappa shape index (κ2) is 6.45. The number of halogens is 1. The second-order valence-corrected chi connectivity index (χ2v) is 5.52. The van der Waals surface area contributed by atoms with Crippen LogP contribution in [0, 0.1) is 11.3 Å². The van der Waals surface area contributed by atoms with Crippen LogP contribution in [-0.2, 0) is 4.79 Å². The summed E-state index contributed by atoms with van der Waals surface area (Å²) in [7, 11) is 0. The Balaban J connectivity index is 0.00000225. The first-order valence-corrected chi connectivity index (χ1v) is 5.92. The van der Waals surface area contributed by atoms with Crippen molar-refractivity contribution in [3.05, 3.63) is 0 Å². The van der Waals surface area contributed by atoms with Gasteiger partial charge in [0, 0.05) is 25.6 Å². The summed E-state index contributed by atoms with van der Waals surface area (Å²) in [6.45, 7) is 12.2. The van der Waals surface area contributed by atoms with Crippen LogP contribution >= 0.6 is 12.4 Å². The molecule has 1 saturated heterocycles. The Morgan fingerprint density at radius 3 is 2.44 bits per heavy atom. The predicted octanol–water partition coefficient (Wildman–Crippen LogP) is 1.91. The number of amides is 1. The van der Waals surface area contributed by atoms with Crippen molar-refractivity contribution in [2.75, 3.05) is 26.2 Å². The normalized spacial score (nSPS) is 19.6. The van der Waals surface area contributed by atoms with Crippen molar-refractivity contribution in [2.45, 2.75) is 34.1 Å². The zero-order chi connectivity index (χ0) is 11.5. The predicted molar refractivity (Wildman–Crippen MR) is 69.9 cm³/mol. The zero-order valence-corrected chi connectivity index (χ0v) is 11.7. The Morgan fingerprint density at radius 2 is 1.88 bits per heavy atom. The molecule has 16 heavy (non-hydrogen) atoms. The van der Waals surface area contributed by atoms with Crippen LogP contribution in [0.25, 0.3) is 0 Å². The van der Waals surface area contributed by atoms with Gasteiger partial charge in [-0.1, -0.05) is 27.7 Å². The van der Waals surface area contributed by atoms with Crippen LogP contribution in [0.2, 0.25) is 0 Å². The molecule has 1 aliphatic heterocycles. The maximum absolute atomic E-state index is 12.2. The topological polar surface area (TPSA) is 32.3 Å². The summed E-state index contributed by atoms with van der Waals surface area (Å²) in [5, 5.41) is 3.32. The Labute approximate surface area is 105 Å². The molecule has 1 amide bonds. The molecule has 0 aromatic rings. The molecule has 1 unspecified atom stereocenters. The summed E-state index contributed by atoms with van der Waals surface area (Å²) in [4.78, 5) is 14.2. The first-order chi connectivity index (χ1) is 6.93. The van der Waals surface area contributed by atoms with Gasteiger partial charge in [-0.05, 0) is 18.4 Å². The summed E-state index contributed by atoms with van der Waals surface area (Å²) in [6.07, 6.45) is 1.07. The van der Waals surface area contributed by atoms with Crippen LogP contribution in [0.15, 0.2) is 0 Å². The van der Waals surface area contributed by atoms with Crippen LogP contribution < -0.4 is 5.32 Å². The lowest BCUT2D eigenvalue weighted by Crippen LogP contribution is -2.41. The average molecular weight is 249 g/mol. The van der Waals surface area contributed by atoms with Crippen LogP contribution in [0.5, 0.6) is 0 Å². The molecule has 0 spiro atoms. The number of hydrogen-bond donors (Lipinski definition) is 1. The quantitative estimate of drug-likeness (QED) is 0.769. The maximum Gasteiger partial charge on any atom is 0.225 e. The van der Waals surface area contributed by atoms with Crippen LogP contribution in [0.3, 0.4) is 0 Å². The standard InChI is InChI=1S/C12H24N2O.ClH/c1-10(12(2,3)4)11(15)14-8-5-6-13-7-9-14;/h10,13H,5-9H2,1-4H3;1H. The molecule has 0 aromatic heterocycles. The molecule has 1 atom stereocenters. The highest BCUT2D eigenvalue weighted by Gasteiger charge is 2.30.